The van der Waals surface area contributed by atoms with Crippen LogP contribution in [-0.4, -0.2) is 25.2 Å². The molecule has 0 radical (unpaired) electrons. The average Bonchev–Trinajstić information content (AvgIpc) is 3.10. The van der Waals surface area contributed by atoms with Gasteiger partial charge in [0.2, 0.25) is 0 Å². The maximum Gasteiger partial charge on any atom is 0.139 e. The van der Waals surface area contributed by atoms with E-state index in [4.69, 9.17) is 11.6 Å². The van der Waals surface area contributed by atoms with Crippen LogP contribution in [0.15, 0.2) is 67.1 Å². The molecule has 0 aliphatic rings. The number of para-hydroxylation sites is 1. The molecule has 23 heavy (non-hydrogen) atoms. The van der Waals surface area contributed by atoms with Gasteiger partial charge in [-0.2, -0.15) is 0 Å². The summed E-state index contributed by atoms with van der Waals surface area (Å²) in [7, 11) is 0. The Hall–Kier alpha value is -2.79. The quantitative estimate of drug-likeness (QED) is 0.579. The molecule has 112 valence electrons. The van der Waals surface area contributed by atoms with E-state index in [9.17, 15) is 0 Å². The fourth-order valence-corrected chi connectivity index (χ4v) is 2.99. The monoisotopic (exact) mass is 321 g/mol. The van der Waals surface area contributed by atoms with Crippen molar-refractivity contribution in [3.05, 3.63) is 83.3 Å². The summed E-state index contributed by atoms with van der Waals surface area (Å²) in [5.74, 6) is 0. The zero-order valence-corrected chi connectivity index (χ0v) is 12.8. The molecule has 0 amide bonds. The molecule has 0 aliphatic heterocycles. The van der Waals surface area contributed by atoms with Crippen LogP contribution >= 0.6 is 11.6 Å². The second kappa shape index (κ2) is 5.78. The van der Waals surface area contributed by atoms with Crippen LogP contribution in [0.2, 0.25) is 5.02 Å². The molecular formula is C17H12ClN5. The molecule has 2 heterocycles. The first-order chi connectivity index (χ1) is 11.3. The molecule has 0 bridgehead atoms. The molecule has 0 saturated carbocycles. The minimum Gasteiger partial charge on any atom is -0.256 e. The van der Waals surface area contributed by atoms with Gasteiger partial charge in [-0.3, -0.25) is 4.98 Å². The molecule has 0 spiro atoms. The molecule has 0 aliphatic carbocycles. The summed E-state index contributed by atoms with van der Waals surface area (Å²) in [5, 5.41) is 13.4. The van der Waals surface area contributed by atoms with Crippen molar-refractivity contribution >= 4 is 22.5 Å². The maximum absolute atomic E-state index is 6.18. The van der Waals surface area contributed by atoms with Crippen LogP contribution in [-0.2, 0) is 0 Å². The minimum absolute atomic E-state index is 0.170. The molecular weight excluding hydrogens is 310 g/mol. The summed E-state index contributed by atoms with van der Waals surface area (Å²) < 4.78 is 1.73. The van der Waals surface area contributed by atoms with E-state index >= 15 is 0 Å². The molecule has 4 aromatic rings. The summed E-state index contributed by atoms with van der Waals surface area (Å²) in [5.41, 5.74) is 3.02. The van der Waals surface area contributed by atoms with Crippen molar-refractivity contribution in [1.29, 1.82) is 0 Å². The number of nitrogens with zero attached hydrogens (tertiary/aromatic N) is 5. The third-order valence-electron chi connectivity index (χ3n) is 3.77. The molecule has 1 atom stereocenters. The van der Waals surface area contributed by atoms with E-state index in [0.717, 1.165) is 22.0 Å². The number of fused-ring (bicyclic) bond motifs is 1. The van der Waals surface area contributed by atoms with Gasteiger partial charge in [-0.05, 0) is 45.8 Å². The Kier molecular flexibility index (Phi) is 3.48. The number of benzene rings is 2. The Morgan fingerprint density at radius 1 is 1.00 bits per heavy atom. The molecule has 6 heteroatoms. The number of pyridine rings is 1. The van der Waals surface area contributed by atoms with Gasteiger partial charge in [-0.25, -0.2) is 4.68 Å². The van der Waals surface area contributed by atoms with Gasteiger partial charge in [-0.15, -0.1) is 5.10 Å². The molecule has 1 unspecified atom stereocenters. The van der Waals surface area contributed by atoms with Crippen molar-refractivity contribution in [2.75, 3.05) is 0 Å². The van der Waals surface area contributed by atoms with Crippen LogP contribution in [0.4, 0.5) is 0 Å². The number of hydrogen-bond acceptors (Lipinski definition) is 4. The standard InChI is InChI=1S/C17H12ClN5/c18-13-5-3-4-12(10-13)17(23-11-20-21-22-23)15-8-9-19-16-7-2-1-6-14(15)16/h1-11,17H. The fraction of sp³-hybridized carbons (Fsp3) is 0.0588. The average molecular weight is 322 g/mol. The van der Waals surface area contributed by atoms with Crippen molar-refractivity contribution in [3.63, 3.8) is 0 Å². The Bertz CT molecular complexity index is 947. The third-order valence-corrected chi connectivity index (χ3v) is 4.01. The van der Waals surface area contributed by atoms with E-state index in [1.165, 1.54) is 0 Å². The fourth-order valence-electron chi connectivity index (χ4n) is 2.79. The van der Waals surface area contributed by atoms with E-state index in [-0.39, 0.29) is 6.04 Å². The van der Waals surface area contributed by atoms with E-state index < -0.39 is 0 Å². The first kappa shape index (κ1) is 13.8. The topological polar surface area (TPSA) is 56.5 Å². The zero-order chi connectivity index (χ0) is 15.6. The highest BCUT2D eigenvalue weighted by atomic mass is 35.5. The summed E-state index contributed by atoms with van der Waals surface area (Å²) in [6.07, 6.45) is 3.42. The number of aromatic nitrogens is 5. The molecule has 0 saturated heterocycles. The summed E-state index contributed by atoms with van der Waals surface area (Å²) in [6, 6.07) is 17.6. The predicted molar refractivity (Wildman–Crippen MR) is 88.3 cm³/mol. The highest BCUT2D eigenvalue weighted by Crippen LogP contribution is 2.31. The lowest BCUT2D eigenvalue weighted by molar-refractivity contribution is 0.573. The van der Waals surface area contributed by atoms with Crippen molar-refractivity contribution in [2.24, 2.45) is 0 Å². The Morgan fingerprint density at radius 2 is 1.91 bits per heavy atom. The van der Waals surface area contributed by atoms with Gasteiger partial charge in [0.15, 0.2) is 0 Å². The largest absolute Gasteiger partial charge is 0.256 e. The number of hydrogen-bond donors (Lipinski definition) is 0. The van der Waals surface area contributed by atoms with Gasteiger partial charge in [0.25, 0.3) is 0 Å². The maximum atomic E-state index is 6.18. The van der Waals surface area contributed by atoms with Crippen molar-refractivity contribution < 1.29 is 0 Å². The third kappa shape index (κ3) is 2.55. The van der Waals surface area contributed by atoms with Crippen LogP contribution in [0.25, 0.3) is 10.9 Å². The van der Waals surface area contributed by atoms with Gasteiger partial charge in [0, 0.05) is 16.6 Å². The van der Waals surface area contributed by atoms with E-state index in [2.05, 4.69) is 26.6 Å². The number of rotatable bonds is 3. The predicted octanol–water partition coefficient (Wildman–Crippen LogP) is 3.51. The Labute approximate surface area is 137 Å². The molecule has 0 fully saturated rings. The van der Waals surface area contributed by atoms with Crippen molar-refractivity contribution in [2.45, 2.75) is 6.04 Å². The van der Waals surface area contributed by atoms with Crippen LogP contribution in [0.1, 0.15) is 17.2 Å². The highest BCUT2D eigenvalue weighted by Gasteiger charge is 2.20. The smallest absolute Gasteiger partial charge is 0.139 e. The molecule has 2 aromatic heterocycles. The normalized spacial score (nSPS) is 12.4. The number of tetrazole rings is 1. The van der Waals surface area contributed by atoms with Gasteiger partial charge in [-0.1, -0.05) is 41.9 Å². The molecule has 2 aromatic carbocycles. The molecule has 0 N–H and O–H groups in total. The van der Waals surface area contributed by atoms with Crippen LogP contribution in [0.3, 0.4) is 0 Å². The Morgan fingerprint density at radius 3 is 2.74 bits per heavy atom. The van der Waals surface area contributed by atoms with Gasteiger partial charge in [0.1, 0.15) is 12.4 Å². The highest BCUT2D eigenvalue weighted by molar-refractivity contribution is 6.30. The summed E-state index contributed by atoms with van der Waals surface area (Å²) in [6.45, 7) is 0. The van der Waals surface area contributed by atoms with Crippen molar-refractivity contribution in [3.8, 4) is 0 Å². The first-order valence-corrected chi connectivity index (χ1v) is 7.52. The van der Waals surface area contributed by atoms with Crippen LogP contribution in [0, 0.1) is 0 Å². The number of halogens is 1. The van der Waals surface area contributed by atoms with Crippen molar-refractivity contribution in [1.82, 2.24) is 25.2 Å². The van der Waals surface area contributed by atoms with Gasteiger partial charge in [0.05, 0.1) is 5.52 Å². The lowest BCUT2D eigenvalue weighted by Gasteiger charge is -2.19. The van der Waals surface area contributed by atoms with Gasteiger partial charge < -0.3 is 0 Å². The summed E-state index contributed by atoms with van der Waals surface area (Å²) in [4.78, 5) is 4.43. The second-order valence-electron chi connectivity index (χ2n) is 5.16. The van der Waals surface area contributed by atoms with Crippen LogP contribution in [0.5, 0.6) is 0 Å². The lowest BCUT2D eigenvalue weighted by Crippen LogP contribution is -2.14. The SMILES string of the molecule is Clc1cccc(C(c2ccnc3ccccc23)n2cnnn2)c1. The van der Waals surface area contributed by atoms with Gasteiger partial charge >= 0.3 is 0 Å². The van der Waals surface area contributed by atoms with Crippen LogP contribution < -0.4 is 0 Å². The Balaban J connectivity index is 1.98. The molecule has 4 rings (SSSR count). The lowest BCUT2D eigenvalue weighted by atomic mass is 9.96. The van der Waals surface area contributed by atoms with E-state index in [0.29, 0.717) is 5.02 Å². The first-order valence-electron chi connectivity index (χ1n) is 7.14. The van der Waals surface area contributed by atoms with E-state index in [1.54, 1.807) is 17.2 Å². The van der Waals surface area contributed by atoms with E-state index in [1.807, 2.05) is 48.5 Å². The molecule has 5 nitrogen and oxygen atoms in total. The zero-order valence-electron chi connectivity index (χ0n) is 12.0. The minimum atomic E-state index is -0.170. The second-order valence-corrected chi connectivity index (χ2v) is 5.60. The summed E-state index contributed by atoms with van der Waals surface area (Å²) >= 11 is 6.18.